The molecule has 0 spiro atoms. The summed E-state index contributed by atoms with van der Waals surface area (Å²) in [5.74, 6) is 0. The minimum absolute atomic E-state index is 0.218. The first kappa shape index (κ1) is 16.4. The van der Waals surface area contributed by atoms with E-state index in [-0.39, 0.29) is 4.21 Å². The molecule has 0 bridgehead atoms. The van der Waals surface area contributed by atoms with Gasteiger partial charge in [0.2, 0.25) is 0 Å². The van der Waals surface area contributed by atoms with E-state index in [9.17, 15) is 13.5 Å². The van der Waals surface area contributed by atoms with Crippen molar-refractivity contribution in [2.75, 3.05) is 32.7 Å². The minimum atomic E-state index is -3.51. The van der Waals surface area contributed by atoms with Gasteiger partial charge in [-0.25, -0.2) is 8.42 Å². The Kier molecular flexibility index (Phi) is 4.70. The summed E-state index contributed by atoms with van der Waals surface area (Å²) in [6, 6.07) is 4.97. The molecule has 0 aromatic carbocycles. The van der Waals surface area contributed by atoms with Crippen molar-refractivity contribution in [3.05, 3.63) is 17.0 Å². The Balaban J connectivity index is 2.03. The maximum Gasteiger partial charge on any atom is 0.252 e. The maximum absolute atomic E-state index is 12.5. The van der Waals surface area contributed by atoms with E-state index in [1.54, 1.807) is 13.8 Å². The Hall–Kier alpha value is -0.980. The van der Waals surface area contributed by atoms with Crippen LogP contribution in [0.25, 0.3) is 0 Å². The lowest BCUT2D eigenvalue weighted by Gasteiger charge is -2.36. The lowest BCUT2D eigenvalue weighted by atomic mass is 10.1. The summed E-state index contributed by atoms with van der Waals surface area (Å²) in [5, 5.41) is 18.6. The molecule has 0 atom stereocenters. The fourth-order valence-corrected chi connectivity index (χ4v) is 5.00. The molecule has 0 radical (unpaired) electrons. The van der Waals surface area contributed by atoms with Crippen LogP contribution in [0.3, 0.4) is 0 Å². The normalized spacial score (nSPS) is 18.6. The fraction of sp³-hybridized carbons (Fsp3) is 0.615. The molecule has 1 aromatic rings. The van der Waals surface area contributed by atoms with Crippen molar-refractivity contribution in [1.82, 2.24) is 9.21 Å². The number of hydrogen-bond donors (Lipinski definition) is 1. The first-order chi connectivity index (χ1) is 9.72. The molecule has 6 nitrogen and oxygen atoms in total. The van der Waals surface area contributed by atoms with Gasteiger partial charge in [0.15, 0.2) is 0 Å². The summed E-state index contributed by atoms with van der Waals surface area (Å²) in [4.78, 5) is 2.45. The van der Waals surface area contributed by atoms with E-state index in [2.05, 4.69) is 4.90 Å². The minimum Gasteiger partial charge on any atom is -0.389 e. The van der Waals surface area contributed by atoms with Crippen molar-refractivity contribution in [2.45, 2.75) is 23.7 Å². The molecule has 1 aliphatic heterocycles. The molecule has 1 fully saturated rings. The Morgan fingerprint density at radius 3 is 2.43 bits per heavy atom. The second-order valence-corrected chi connectivity index (χ2v) is 8.97. The van der Waals surface area contributed by atoms with Crippen LogP contribution in [-0.2, 0) is 10.0 Å². The standard InChI is InChI=1S/C13H19N3O3S2/c1-13(2,17)10-15-5-7-16(8-6-15)21(18,19)12-4-3-11(9-14)20-12/h3-4,17H,5-8,10H2,1-2H3. The van der Waals surface area contributed by atoms with Gasteiger partial charge in [0, 0.05) is 32.7 Å². The van der Waals surface area contributed by atoms with Gasteiger partial charge in [0.1, 0.15) is 15.2 Å². The predicted molar refractivity (Wildman–Crippen MR) is 80.5 cm³/mol. The summed E-state index contributed by atoms with van der Waals surface area (Å²) in [7, 11) is -3.51. The smallest absolute Gasteiger partial charge is 0.252 e. The van der Waals surface area contributed by atoms with Gasteiger partial charge in [-0.05, 0) is 26.0 Å². The predicted octanol–water partition coefficient (Wildman–Crippen LogP) is 0.697. The Labute approximate surface area is 129 Å². The molecule has 1 aromatic heterocycles. The summed E-state index contributed by atoms with van der Waals surface area (Å²) in [5.41, 5.74) is -0.781. The van der Waals surface area contributed by atoms with Crippen LogP contribution in [-0.4, -0.2) is 61.1 Å². The lowest BCUT2D eigenvalue weighted by molar-refractivity contribution is 0.0263. The van der Waals surface area contributed by atoms with E-state index in [0.29, 0.717) is 37.6 Å². The molecule has 0 aliphatic carbocycles. The van der Waals surface area contributed by atoms with Gasteiger partial charge in [0.25, 0.3) is 10.0 Å². The van der Waals surface area contributed by atoms with Gasteiger partial charge in [0.05, 0.1) is 5.60 Å². The van der Waals surface area contributed by atoms with Crippen molar-refractivity contribution in [3.63, 3.8) is 0 Å². The van der Waals surface area contributed by atoms with Crippen LogP contribution in [0.2, 0.25) is 0 Å². The average molecular weight is 329 g/mol. The summed E-state index contributed by atoms with van der Waals surface area (Å²) in [6.07, 6.45) is 0. The second-order valence-electron chi connectivity index (χ2n) is 5.72. The highest BCUT2D eigenvalue weighted by atomic mass is 32.2. The van der Waals surface area contributed by atoms with Crippen molar-refractivity contribution in [3.8, 4) is 6.07 Å². The van der Waals surface area contributed by atoms with Gasteiger partial charge in [-0.15, -0.1) is 11.3 Å². The fourth-order valence-electron chi connectivity index (χ4n) is 2.32. The zero-order valence-electron chi connectivity index (χ0n) is 12.1. The number of hydrogen-bond acceptors (Lipinski definition) is 6. The molecule has 1 aliphatic rings. The lowest BCUT2D eigenvalue weighted by Crippen LogP contribution is -2.51. The highest BCUT2D eigenvalue weighted by Gasteiger charge is 2.31. The van der Waals surface area contributed by atoms with Crippen molar-refractivity contribution in [2.24, 2.45) is 0 Å². The van der Waals surface area contributed by atoms with E-state index < -0.39 is 15.6 Å². The number of sulfonamides is 1. The van der Waals surface area contributed by atoms with Crippen LogP contribution >= 0.6 is 11.3 Å². The third-order valence-corrected chi connectivity index (χ3v) is 6.58. The van der Waals surface area contributed by atoms with Gasteiger partial charge in [-0.1, -0.05) is 0 Å². The van der Waals surface area contributed by atoms with E-state index >= 15 is 0 Å². The Morgan fingerprint density at radius 2 is 1.95 bits per heavy atom. The molecular formula is C13H19N3O3S2. The van der Waals surface area contributed by atoms with E-state index in [1.165, 1.54) is 16.4 Å². The summed E-state index contributed by atoms with van der Waals surface area (Å²) < 4.78 is 26.6. The number of nitrogens with zero attached hydrogens (tertiary/aromatic N) is 3. The molecule has 1 N–H and O–H groups in total. The zero-order valence-corrected chi connectivity index (χ0v) is 13.7. The van der Waals surface area contributed by atoms with E-state index in [4.69, 9.17) is 5.26 Å². The van der Waals surface area contributed by atoms with Crippen LogP contribution in [0.4, 0.5) is 0 Å². The van der Waals surface area contributed by atoms with Gasteiger partial charge in [-0.3, -0.25) is 4.90 Å². The van der Waals surface area contributed by atoms with Gasteiger partial charge in [-0.2, -0.15) is 9.57 Å². The van der Waals surface area contributed by atoms with Crippen LogP contribution in [0.1, 0.15) is 18.7 Å². The number of β-amino-alcohol motifs (C(OH)–C–C–N with tert-alkyl or cyclic N) is 1. The largest absolute Gasteiger partial charge is 0.389 e. The highest BCUT2D eigenvalue weighted by Crippen LogP contribution is 2.25. The number of thiophene rings is 1. The molecular weight excluding hydrogens is 310 g/mol. The number of aliphatic hydroxyl groups is 1. The molecule has 1 saturated heterocycles. The SMILES string of the molecule is CC(C)(O)CN1CCN(S(=O)(=O)c2ccc(C#N)s2)CC1. The first-order valence-electron chi connectivity index (χ1n) is 6.67. The Morgan fingerprint density at radius 1 is 1.33 bits per heavy atom. The molecule has 8 heteroatoms. The zero-order chi connectivity index (χ0) is 15.7. The van der Waals surface area contributed by atoms with Crippen LogP contribution < -0.4 is 0 Å². The van der Waals surface area contributed by atoms with Crippen LogP contribution in [0.5, 0.6) is 0 Å². The molecule has 2 heterocycles. The number of piperazine rings is 1. The van der Waals surface area contributed by atoms with E-state index in [0.717, 1.165) is 11.3 Å². The number of nitriles is 1. The van der Waals surface area contributed by atoms with Gasteiger partial charge >= 0.3 is 0 Å². The van der Waals surface area contributed by atoms with Gasteiger partial charge < -0.3 is 5.11 Å². The third-order valence-electron chi connectivity index (χ3n) is 3.23. The highest BCUT2D eigenvalue weighted by molar-refractivity contribution is 7.91. The van der Waals surface area contributed by atoms with Crippen molar-refractivity contribution >= 4 is 21.4 Å². The average Bonchev–Trinajstić information content (AvgIpc) is 2.87. The molecule has 2 rings (SSSR count). The monoisotopic (exact) mass is 329 g/mol. The van der Waals surface area contributed by atoms with Crippen LogP contribution in [0, 0.1) is 11.3 Å². The van der Waals surface area contributed by atoms with Crippen molar-refractivity contribution < 1.29 is 13.5 Å². The maximum atomic E-state index is 12.5. The number of rotatable bonds is 4. The van der Waals surface area contributed by atoms with Crippen LogP contribution in [0.15, 0.2) is 16.3 Å². The first-order valence-corrected chi connectivity index (χ1v) is 8.93. The molecule has 116 valence electrons. The molecule has 21 heavy (non-hydrogen) atoms. The Bertz CT molecular complexity index is 632. The topological polar surface area (TPSA) is 84.6 Å². The summed E-state index contributed by atoms with van der Waals surface area (Å²) in [6.45, 7) is 6.00. The third kappa shape index (κ3) is 4.02. The van der Waals surface area contributed by atoms with E-state index in [1.807, 2.05) is 6.07 Å². The quantitative estimate of drug-likeness (QED) is 0.879. The molecule has 0 amide bonds. The second kappa shape index (κ2) is 6.02. The molecule has 0 saturated carbocycles. The summed E-state index contributed by atoms with van der Waals surface area (Å²) >= 11 is 1.000. The molecule has 0 unspecified atom stereocenters. The van der Waals surface area contributed by atoms with Crippen molar-refractivity contribution in [1.29, 1.82) is 5.26 Å².